The van der Waals surface area contributed by atoms with Gasteiger partial charge >= 0.3 is 0 Å². The average Bonchev–Trinajstić information content (AvgIpc) is 2.78. The number of nitrogens with zero attached hydrogens (tertiary/aromatic N) is 1. The first kappa shape index (κ1) is 13.5. The Kier molecular flexibility index (Phi) is 4.32. The van der Waals surface area contributed by atoms with Crippen molar-refractivity contribution in [3.63, 3.8) is 0 Å². The van der Waals surface area contributed by atoms with Gasteiger partial charge in [-0.2, -0.15) is 0 Å². The van der Waals surface area contributed by atoms with Crippen LogP contribution in [0.25, 0.3) is 0 Å². The number of aliphatic hydroxyl groups is 1. The highest BCUT2D eigenvalue weighted by Gasteiger charge is 2.26. The van der Waals surface area contributed by atoms with Gasteiger partial charge in [0, 0.05) is 32.9 Å². The fourth-order valence-corrected chi connectivity index (χ4v) is 2.36. The molecule has 0 aromatic carbocycles. The zero-order valence-corrected chi connectivity index (χ0v) is 11.1. The van der Waals surface area contributed by atoms with E-state index < -0.39 is 5.60 Å². The minimum absolute atomic E-state index is 0.273. The highest BCUT2D eigenvalue weighted by molar-refractivity contribution is 5.27. The Bertz CT molecular complexity index is 393. The third-order valence-corrected chi connectivity index (χ3v) is 3.53. The quantitative estimate of drug-likeness (QED) is 0.802. The molecule has 0 spiro atoms. The van der Waals surface area contributed by atoms with E-state index in [0.717, 1.165) is 18.5 Å². The molecule has 1 aromatic heterocycles. The molecule has 4 heteroatoms. The van der Waals surface area contributed by atoms with Gasteiger partial charge in [0.1, 0.15) is 0 Å². The molecule has 4 nitrogen and oxygen atoms in total. The van der Waals surface area contributed by atoms with Gasteiger partial charge in [0.05, 0.1) is 17.3 Å². The fourth-order valence-electron chi connectivity index (χ4n) is 2.36. The van der Waals surface area contributed by atoms with Crippen LogP contribution in [-0.2, 0) is 11.2 Å². The Morgan fingerprint density at radius 1 is 1.61 bits per heavy atom. The largest absolute Gasteiger partial charge is 0.389 e. The average molecular weight is 250 g/mol. The minimum atomic E-state index is -0.729. The van der Waals surface area contributed by atoms with Gasteiger partial charge in [-0.3, -0.25) is 4.98 Å². The molecule has 2 unspecified atom stereocenters. The molecule has 1 aliphatic carbocycles. The molecule has 0 bridgehead atoms. The topological polar surface area (TPSA) is 54.4 Å². The fraction of sp³-hybridized carbons (Fsp3) is 0.643. The van der Waals surface area contributed by atoms with E-state index in [1.807, 2.05) is 19.2 Å². The van der Waals surface area contributed by atoms with Crippen LogP contribution in [0, 0.1) is 0 Å². The van der Waals surface area contributed by atoms with E-state index in [-0.39, 0.29) is 6.04 Å². The van der Waals surface area contributed by atoms with Gasteiger partial charge in [0.2, 0.25) is 0 Å². The van der Waals surface area contributed by atoms with Crippen LogP contribution < -0.4 is 5.32 Å². The number of nitrogens with one attached hydrogen (secondary N) is 1. The first-order valence-corrected chi connectivity index (χ1v) is 6.51. The molecule has 0 amide bonds. The van der Waals surface area contributed by atoms with Crippen molar-refractivity contribution in [2.24, 2.45) is 0 Å². The van der Waals surface area contributed by atoms with E-state index >= 15 is 0 Å². The Labute approximate surface area is 108 Å². The number of fused-ring (bicyclic) bond motifs is 1. The molecule has 2 atom stereocenters. The van der Waals surface area contributed by atoms with Crippen molar-refractivity contribution in [1.29, 1.82) is 0 Å². The zero-order chi connectivity index (χ0) is 13.0. The molecule has 2 N–H and O–H groups in total. The molecular formula is C14H22N2O2. The maximum atomic E-state index is 10.2. The van der Waals surface area contributed by atoms with E-state index in [1.165, 1.54) is 5.56 Å². The van der Waals surface area contributed by atoms with Gasteiger partial charge in [-0.15, -0.1) is 0 Å². The van der Waals surface area contributed by atoms with E-state index in [9.17, 15) is 5.11 Å². The molecule has 0 saturated heterocycles. The Morgan fingerprint density at radius 3 is 3.22 bits per heavy atom. The van der Waals surface area contributed by atoms with Crippen molar-refractivity contribution >= 4 is 0 Å². The summed E-state index contributed by atoms with van der Waals surface area (Å²) in [5, 5.41) is 13.6. The van der Waals surface area contributed by atoms with E-state index in [1.54, 1.807) is 7.11 Å². The standard InChI is InChI=1S/C14H22N2O2/c1-14(17,7-9-18-2)10-16-12-6-5-11-4-3-8-15-13(11)12/h3-4,8,12,16-17H,5-7,9-10H2,1-2H3. The van der Waals surface area contributed by atoms with Crippen molar-refractivity contribution in [2.75, 3.05) is 20.3 Å². The summed E-state index contributed by atoms with van der Waals surface area (Å²) in [6, 6.07) is 4.39. The lowest BCUT2D eigenvalue weighted by Gasteiger charge is -2.25. The first-order chi connectivity index (χ1) is 8.62. The number of pyridine rings is 1. The van der Waals surface area contributed by atoms with E-state index in [0.29, 0.717) is 19.6 Å². The van der Waals surface area contributed by atoms with Crippen LogP contribution in [0.3, 0.4) is 0 Å². The predicted octanol–water partition coefficient (Wildman–Crippen LogP) is 1.45. The maximum Gasteiger partial charge on any atom is 0.0765 e. The van der Waals surface area contributed by atoms with Gasteiger partial charge in [-0.1, -0.05) is 6.07 Å². The summed E-state index contributed by atoms with van der Waals surface area (Å²) >= 11 is 0. The summed E-state index contributed by atoms with van der Waals surface area (Å²) in [4.78, 5) is 4.43. The van der Waals surface area contributed by atoms with Crippen LogP contribution in [0.4, 0.5) is 0 Å². The van der Waals surface area contributed by atoms with Gasteiger partial charge in [0.25, 0.3) is 0 Å². The zero-order valence-electron chi connectivity index (χ0n) is 11.1. The number of hydrogen-bond donors (Lipinski definition) is 2. The maximum absolute atomic E-state index is 10.2. The van der Waals surface area contributed by atoms with Gasteiger partial charge < -0.3 is 15.2 Å². The lowest BCUT2D eigenvalue weighted by atomic mass is 10.0. The van der Waals surface area contributed by atoms with Gasteiger partial charge in [-0.25, -0.2) is 0 Å². The van der Waals surface area contributed by atoms with Crippen LogP contribution in [0.1, 0.15) is 37.1 Å². The minimum Gasteiger partial charge on any atom is -0.389 e. The third-order valence-electron chi connectivity index (χ3n) is 3.53. The smallest absolute Gasteiger partial charge is 0.0765 e. The predicted molar refractivity (Wildman–Crippen MR) is 70.4 cm³/mol. The highest BCUT2D eigenvalue weighted by atomic mass is 16.5. The highest BCUT2D eigenvalue weighted by Crippen LogP contribution is 2.29. The van der Waals surface area contributed by atoms with E-state index in [4.69, 9.17) is 4.74 Å². The van der Waals surface area contributed by atoms with Crippen molar-refractivity contribution in [1.82, 2.24) is 10.3 Å². The van der Waals surface area contributed by atoms with Gasteiger partial charge in [-0.05, 0) is 31.4 Å². The SMILES string of the molecule is COCCC(C)(O)CNC1CCc2cccnc21. The molecule has 0 radical (unpaired) electrons. The Hall–Kier alpha value is -0.970. The van der Waals surface area contributed by atoms with Crippen LogP contribution in [0.2, 0.25) is 0 Å². The molecule has 18 heavy (non-hydrogen) atoms. The number of aryl methyl sites for hydroxylation is 1. The van der Waals surface area contributed by atoms with Crippen molar-refractivity contribution < 1.29 is 9.84 Å². The lowest BCUT2D eigenvalue weighted by molar-refractivity contribution is 0.0226. The Balaban J connectivity index is 1.88. The molecule has 0 saturated carbocycles. The lowest BCUT2D eigenvalue weighted by Crippen LogP contribution is -2.40. The summed E-state index contributed by atoms with van der Waals surface area (Å²) in [6.45, 7) is 2.98. The normalized spacial score (nSPS) is 21.6. The summed E-state index contributed by atoms with van der Waals surface area (Å²) in [7, 11) is 1.65. The molecule has 100 valence electrons. The van der Waals surface area contributed by atoms with Crippen molar-refractivity contribution in [3.05, 3.63) is 29.6 Å². The number of rotatable bonds is 6. The van der Waals surface area contributed by atoms with Crippen LogP contribution in [0.5, 0.6) is 0 Å². The van der Waals surface area contributed by atoms with Gasteiger partial charge in [0.15, 0.2) is 0 Å². The second kappa shape index (κ2) is 5.78. The summed E-state index contributed by atoms with van der Waals surface area (Å²) in [5.74, 6) is 0. The molecule has 0 fully saturated rings. The second-order valence-corrected chi connectivity index (χ2v) is 5.26. The number of ether oxygens (including phenoxy) is 1. The Morgan fingerprint density at radius 2 is 2.44 bits per heavy atom. The van der Waals surface area contributed by atoms with Crippen LogP contribution >= 0.6 is 0 Å². The molecule has 2 rings (SSSR count). The molecule has 1 aromatic rings. The van der Waals surface area contributed by atoms with Crippen LogP contribution in [-0.4, -0.2) is 36.0 Å². The summed E-state index contributed by atoms with van der Waals surface area (Å²) in [5.41, 5.74) is 1.74. The summed E-state index contributed by atoms with van der Waals surface area (Å²) < 4.78 is 5.01. The van der Waals surface area contributed by atoms with Crippen LogP contribution in [0.15, 0.2) is 18.3 Å². The van der Waals surface area contributed by atoms with E-state index in [2.05, 4.69) is 16.4 Å². The molecular weight excluding hydrogens is 228 g/mol. The molecule has 1 aliphatic rings. The number of methoxy groups -OCH3 is 1. The van der Waals surface area contributed by atoms with Crippen molar-refractivity contribution in [3.8, 4) is 0 Å². The summed E-state index contributed by atoms with van der Waals surface area (Å²) in [6.07, 6.45) is 4.61. The monoisotopic (exact) mass is 250 g/mol. The molecule has 0 aliphatic heterocycles. The number of aromatic nitrogens is 1. The first-order valence-electron chi connectivity index (χ1n) is 6.51. The molecule has 1 heterocycles. The number of hydrogen-bond acceptors (Lipinski definition) is 4. The second-order valence-electron chi connectivity index (χ2n) is 5.26. The third kappa shape index (κ3) is 3.28. The van der Waals surface area contributed by atoms with Crippen molar-refractivity contribution in [2.45, 2.75) is 37.8 Å².